The summed E-state index contributed by atoms with van der Waals surface area (Å²) < 4.78 is 32.6. The zero-order valence-electron chi connectivity index (χ0n) is 16.2. The Kier molecular flexibility index (Phi) is 6.20. The molecule has 0 saturated carbocycles. The number of carbonyl (C=O) groups is 1. The van der Waals surface area contributed by atoms with E-state index >= 15 is 0 Å². The number of piperazine rings is 1. The molecule has 2 aliphatic rings. The van der Waals surface area contributed by atoms with Crippen LogP contribution in [0.4, 0.5) is 0 Å². The number of sulfonamides is 1. The van der Waals surface area contributed by atoms with Crippen molar-refractivity contribution < 1.29 is 17.9 Å². The fourth-order valence-corrected chi connectivity index (χ4v) is 5.29. The average Bonchev–Trinajstić information content (AvgIpc) is 2.67. The first-order chi connectivity index (χ1) is 12.8. The van der Waals surface area contributed by atoms with Crippen molar-refractivity contribution in [2.75, 3.05) is 39.3 Å². The lowest BCUT2D eigenvalue weighted by atomic mass is 10.1. The van der Waals surface area contributed by atoms with Crippen molar-refractivity contribution in [3.63, 3.8) is 0 Å². The van der Waals surface area contributed by atoms with Gasteiger partial charge in [-0.3, -0.25) is 9.69 Å². The van der Waals surface area contributed by atoms with Gasteiger partial charge in [-0.1, -0.05) is 18.2 Å². The van der Waals surface area contributed by atoms with Crippen molar-refractivity contribution in [3.8, 4) is 0 Å². The number of morpholine rings is 1. The van der Waals surface area contributed by atoms with Crippen LogP contribution in [0.3, 0.4) is 0 Å². The molecule has 1 aromatic rings. The largest absolute Gasteiger partial charge is 0.373 e. The molecule has 0 aromatic heterocycles. The lowest BCUT2D eigenvalue weighted by Crippen LogP contribution is -2.58. The van der Waals surface area contributed by atoms with Gasteiger partial charge in [0.05, 0.1) is 23.1 Å². The standard InChI is InChI=1S/C19H29N3O4S/c1-15-13-21(14-16(2)26-15)17(3)19(23)20-9-11-22(12-10-20)27(24,25)18-7-5-4-6-8-18/h4-8,15-17H,9-14H2,1-3H3/t15-,16-,17-/m0/s1. The maximum Gasteiger partial charge on any atom is 0.243 e. The number of benzene rings is 1. The maximum absolute atomic E-state index is 12.9. The minimum atomic E-state index is -3.50. The predicted octanol–water partition coefficient (Wildman–Crippen LogP) is 1.02. The summed E-state index contributed by atoms with van der Waals surface area (Å²) in [4.78, 5) is 17.2. The van der Waals surface area contributed by atoms with Gasteiger partial charge in [0, 0.05) is 39.3 Å². The lowest BCUT2D eigenvalue weighted by Gasteiger charge is -2.41. The van der Waals surface area contributed by atoms with Crippen LogP contribution in [0.15, 0.2) is 35.2 Å². The predicted molar refractivity (Wildman–Crippen MR) is 103 cm³/mol. The summed E-state index contributed by atoms with van der Waals surface area (Å²) in [6.07, 6.45) is 0.216. The van der Waals surface area contributed by atoms with Gasteiger partial charge in [0.2, 0.25) is 15.9 Å². The van der Waals surface area contributed by atoms with Crippen LogP contribution >= 0.6 is 0 Å². The van der Waals surface area contributed by atoms with E-state index in [1.165, 1.54) is 4.31 Å². The van der Waals surface area contributed by atoms with Crippen LogP contribution in [-0.4, -0.2) is 85.9 Å². The average molecular weight is 396 g/mol. The summed E-state index contributed by atoms with van der Waals surface area (Å²) in [5.41, 5.74) is 0. The molecule has 27 heavy (non-hydrogen) atoms. The van der Waals surface area contributed by atoms with Crippen LogP contribution in [0.1, 0.15) is 20.8 Å². The van der Waals surface area contributed by atoms with Crippen molar-refractivity contribution in [1.82, 2.24) is 14.1 Å². The highest BCUT2D eigenvalue weighted by molar-refractivity contribution is 7.89. The molecule has 2 fully saturated rings. The van der Waals surface area contributed by atoms with Crippen molar-refractivity contribution in [1.29, 1.82) is 0 Å². The van der Waals surface area contributed by atoms with Crippen molar-refractivity contribution in [2.24, 2.45) is 0 Å². The van der Waals surface area contributed by atoms with Gasteiger partial charge >= 0.3 is 0 Å². The third-order valence-corrected chi connectivity index (χ3v) is 7.20. The molecule has 0 N–H and O–H groups in total. The molecule has 8 heteroatoms. The van der Waals surface area contributed by atoms with Gasteiger partial charge in [0.15, 0.2) is 0 Å². The second-order valence-corrected chi connectivity index (χ2v) is 9.37. The van der Waals surface area contributed by atoms with Crippen LogP contribution in [0, 0.1) is 0 Å². The Morgan fingerprint density at radius 2 is 1.59 bits per heavy atom. The molecule has 2 saturated heterocycles. The zero-order valence-corrected chi connectivity index (χ0v) is 17.1. The third-order valence-electron chi connectivity index (χ3n) is 5.28. The van der Waals surface area contributed by atoms with E-state index < -0.39 is 10.0 Å². The molecular weight excluding hydrogens is 366 g/mol. The van der Waals surface area contributed by atoms with Crippen molar-refractivity contribution in [2.45, 2.75) is 43.9 Å². The molecule has 0 bridgehead atoms. The maximum atomic E-state index is 12.9. The number of hydrogen-bond acceptors (Lipinski definition) is 5. The van der Waals surface area contributed by atoms with E-state index in [0.717, 1.165) is 13.1 Å². The lowest BCUT2D eigenvalue weighted by molar-refractivity contribution is -0.143. The Labute approximate surface area is 161 Å². The molecule has 150 valence electrons. The molecule has 1 aromatic carbocycles. The smallest absolute Gasteiger partial charge is 0.243 e. The first-order valence-corrected chi connectivity index (χ1v) is 11.0. The molecule has 0 radical (unpaired) electrons. The highest BCUT2D eigenvalue weighted by Gasteiger charge is 2.35. The van der Waals surface area contributed by atoms with Crippen LogP contribution in [0.5, 0.6) is 0 Å². The molecule has 3 atom stereocenters. The normalized spacial score (nSPS) is 26.7. The first kappa shape index (κ1) is 20.3. The van der Waals surface area contributed by atoms with E-state index in [1.807, 2.05) is 20.8 Å². The van der Waals surface area contributed by atoms with Gasteiger partial charge in [0.25, 0.3) is 0 Å². The molecular formula is C19H29N3O4S. The van der Waals surface area contributed by atoms with E-state index in [-0.39, 0.29) is 24.2 Å². The van der Waals surface area contributed by atoms with Gasteiger partial charge in [0.1, 0.15) is 0 Å². The number of hydrogen-bond donors (Lipinski definition) is 0. The fourth-order valence-electron chi connectivity index (χ4n) is 3.84. The van der Waals surface area contributed by atoms with Crippen LogP contribution in [0.25, 0.3) is 0 Å². The van der Waals surface area contributed by atoms with Gasteiger partial charge in [-0.2, -0.15) is 4.31 Å². The van der Waals surface area contributed by atoms with E-state index in [4.69, 9.17) is 4.74 Å². The zero-order chi connectivity index (χ0) is 19.6. The molecule has 7 nitrogen and oxygen atoms in total. The molecule has 0 spiro atoms. The molecule has 3 rings (SSSR count). The fraction of sp³-hybridized carbons (Fsp3) is 0.632. The number of amides is 1. The number of rotatable bonds is 4. The monoisotopic (exact) mass is 395 g/mol. The third kappa shape index (κ3) is 4.51. The minimum Gasteiger partial charge on any atom is -0.373 e. The van der Waals surface area contributed by atoms with Gasteiger partial charge in [-0.05, 0) is 32.9 Å². The highest BCUT2D eigenvalue weighted by Crippen LogP contribution is 2.19. The van der Waals surface area contributed by atoms with Crippen molar-refractivity contribution in [3.05, 3.63) is 30.3 Å². The second kappa shape index (κ2) is 8.26. The summed E-state index contributed by atoms with van der Waals surface area (Å²) >= 11 is 0. The first-order valence-electron chi connectivity index (χ1n) is 9.52. The van der Waals surface area contributed by atoms with E-state index in [0.29, 0.717) is 31.1 Å². The Hall–Kier alpha value is -1.48. The molecule has 0 aliphatic carbocycles. The van der Waals surface area contributed by atoms with Crippen LogP contribution in [-0.2, 0) is 19.6 Å². The quantitative estimate of drug-likeness (QED) is 0.761. The SMILES string of the molecule is C[C@H]1CN([C@@H](C)C(=O)N2CCN(S(=O)(=O)c3ccccc3)CC2)C[C@H](C)O1. The van der Waals surface area contributed by atoms with Crippen LogP contribution < -0.4 is 0 Å². The molecule has 2 aliphatic heterocycles. The van der Waals surface area contributed by atoms with Gasteiger partial charge < -0.3 is 9.64 Å². The topological polar surface area (TPSA) is 70.2 Å². The van der Waals surface area contributed by atoms with E-state index in [9.17, 15) is 13.2 Å². The summed E-state index contributed by atoms with van der Waals surface area (Å²) in [5, 5.41) is 0. The second-order valence-electron chi connectivity index (χ2n) is 7.43. The Bertz CT molecular complexity index is 737. The number of ether oxygens (including phenoxy) is 1. The molecule has 1 amide bonds. The highest BCUT2D eigenvalue weighted by atomic mass is 32.2. The minimum absolute atomic E-state index is 0.0630. The number of carbonyl (C=O) groups excluding carboxylic acids is 1. The summed E-state index contributed by atoms with van der Waals surface area (Å²) in [5.74, 6) is 0.0630. The summed E-state index contributed by atoms with van der Waals surface area (Å²) in [6.45, 7) is 8.94. The van der Waals surface area contributed by atoms with Crippen molar-refractivity contribution >= 4 is 15.9 Å². The summed E-state index contributed by atoms with van der Waals surface area (Å²) in [7, 11) is -3.50. The van der Waals surface area contributed by atoms with E-state index in [2.05, 4.69) is 4.90 Å². The van der Waals surface area contributed by atoms with E-state index in [1.54, 1.807) is 35.2 Å². The summed E-state index contributed by atoms with van der Waals surface area (Å²) in [6, 6.07) is 8.23. The van der Waals surface area contributed by atoms with Gasteiger partial charge in [-0.15, -0.1) is 0 Å². The molecule has 0 unspecified atom stereocenters. The Balaban J connectivity index is 1.59. The number of nitrogens with zero attached hydrogens (tertiary/aromatic N) is 3. The van der Waals surface area contributed by atoms with Gasteiger partial charge in [-0.25, -0.2) is 8.42 Å². The Morgan fingerprint density at radius 1 is 1.04 bits per heavy atom. The molecule has 2 heterocycles. The Morgan fingerprint density at radius 3 is 2.15 bits per heavy atom. The van der Waals surface area contributed by atoms with Crippen LogP contribution in [0.2, 0.25) is 0 Å².